The van der Waals surface area contributed by atoms with Gasteiger partial charge in [0.2, 0.25) is 0 Å². The zero-order valence-corrected chi connectivity index (χ0v) is 19.7. The van der Waals surface area contributed by atoms with Crippen LogP contribution < -0.4 is 21.0 Å². The molecule has 3 N–H and O–H groups in total. The van der Waals surface area contributed by atoms with Crippen LogP contribution in [0.2, 0.25) is 0 Å². The number of rotatable bonds is 7. The number of carbonyl (C=O) groups excluding carboxylic acids is 1. The average molecular weight is 473 g/mol. The summed E-state index contributed by atoms with van der Waals surface area (Å²) in [7, 11) is 5.79. The van der Waals surface area contributed by atoms with Gasteiger partial charge in [-0.2, -0.15) is 5.26 Å². The maximum atomic E-state index is 12.8. The maximum absolute atomic E-state index is 12.8. The Morgan fingerprint density at radius 3 is 2.59 bits per heavy atom. The van der Waals surface area contributed by atoms with E-state index >= 15 is 0 Å². The molecule has 34 heavy (non-hydrogen) atoms. The minimum atomic E-state index is -1.40. The highest BCUT2D eigenvalue weighted by molar-refractivity contribution is 5.95. The molecule has 1 aromatic carbocycles. The molecule has 1 aliphatic rings. The van der Waals surface area contributed by atoms with Gasteiger partial charge in [-0.25, -0.2) is 4.79 Å². The Hall–Kier alpha value is -3.30. The topological polar surface area (TPSA) is 147 Å². The summed E-state index contributed by atoms with van der Waals surface area (Å²) in [6.07, 6.45) is -1.72. The Balaban J connectivity index is 1.67. The number of nitrogens with zero attached hydrogens (tertiary/aromatic N) is 4. The molecule has 11 heteroatoms. The molecular weight excluding hydrogens is 442 g/mol. The lowest BCUT2D eigenvalue weighted by molar-refractivity contribution is -0.142. The third-order valence-corrected chi connectivity index (χ3v) is 5.69. The van der Waals surface area contributed by atoms with Crippen LogP contribution in [0.25, 0.3) is 0 Å². The van der Waals surface area contributed by atoms with E-state index in [1.54, 1.807) is 25.1 Å². The van der Waals surface area contributed by atoms with Gasteiger partial charge in [-0.3, -0.25) is 23.2 Å². The molecule has 3 rings (SSSR count). The zero-order chi connectivity index (χ0) is 25.2. The molecule has 1 amide bonds. The minimum absolute atomic E-state index is 0.0202. The van der Waals surface area contributed by atoms with Crippen LogP contribution in [0.5, 0.6) is 0 Å². The van der Waals surface area contributed by atoms with Crippen molar-refractivity contribution in [1.29, 1.82) is 5.26 Å². The molecule has 1 aliphatic heterocycles. The summed E-state index contributed by atoms with van der Waals surface area (Å²) < 4.78 is 7.89. The van der Waals surface area contributed by atoms with E-state index in [1.807, 2.05) is 21.1 Å². The van der Waals surface area contributed by atoms with Crippen LogP contribution in [0.4, 0.5) is 5.69 Å². The van der Waals surface area contributed by atoms with Crippen molar-refractivity contribution < 1.29 is 19.7 Å². The smallest absolute Gasteiger partial charge is 0.333 e. The van der Waals surface area contributed by atoms with Crippen molar-refractivity contribution in [3.8, 4) is 6.07 Å². The Labute approximate surface area is 196 Å². The third-order valence-electron chi connectivity index (χ3n) is 5.69. The number of aryl methyl sites for hydroxylation is 1. The van der Waals surface area contributed by atoms with E-state index in [0.717, 1.165) is 10.3 Å². The van der Waals surface area contributed by atoms with E-state index in [9.17, 15) is 29.9 Å². The van der Waals surface area contributed by atoms with Gasteiger partial charge in [0.05, 0.1) is 21.1 Å². The number of quaternary nitrogens is 1. The van der Waals surface area contributed by atoms with Gasteiger partial charge in [0.25, 0.3) is 11.5 Å². The average Bonchev–Trinajstić information content (AvgIpc) is 3.12. The van der Waals surface area contributed by atoms with Crippen molar-refractivity contribution in [3.63, 3.8) is 0 Å². The standard InChI is InChI=1S/C23H29N5O6/c1-14-13-27(19-11-18(29)22(32)34-19)23(33)26(21(14)31)9-5-8-25-20(30)15-6-7-17(28(2,3)4)16(10-15)12-24/h6-7,10,13,18-19,22,29,32H,5,8-9,11H2,1-4H3/p+1/t18-,19+,22-/m0/s1. The lowest BCUT2D eigenvalue weighted by Gasteiger charge is -2.24. The first-order valence-corrected chi connectivity index (χ1v) is 10.9. The van der Waals surface area contributed by atoms with E-state index < -0.39 is 29.9 Å². The number of nitrogens with one attached hydrogen (secondary N) is 1. The second kappa shape index (κ2) is 9.90. The largest absolute Gasteiger partial charge is 0.388 e. The van der Waals surface area contributed by atoms with Gasteiger partial charge in [0.15, 0.2) is 6.29 Å². The number of carbonyl (C=O) groups is 1. The lowest BCUT2D eigenvalue weighted by Crippen LogP contribution is -2.42. The summed E-state index contributed by atoms with van der Waals surface area (Å²) in [6, 6.07) is 7.08. The van der Waals surface area contributed by atoms with Crippen LogP contribution in [0.15, 0.2) is 34.0 Å². The molecule has 0 aliphatic carbocycles. The summed E-state index contributed by atoms with van der Waals surface area (Å²) in [5, 5.41) is 31.5. The lowest BCUT2D eigenvalue weighted by atomic mass is 10.1. The van der Waals surface area contributed by atoms with Crippen LogP contribution in [0.3, 0.4) is 0 Å². The zero-order valence-electron chi connectivity index (χ0n) is 19.7. The van der Waals surface area contributed by atoms with E-state index in [0.29, 0.717) is 27.6 Å². The summed E-state index contributed by atoms with van der Waals surface area (Å²) in [5.74, 6) is -0.360. The quantitative estimate of drug-likeness (QED) is 0.374. The summed E-state index contributed by atoms with van der Waals surface area (Å²) >= 11 is 0. The highest BCUT2D eigenvalue weighted by atomic mass is 16.6. The monoisotopic (exact) mass is 472 g/mol. The van der Waals surface area contributed by atoms with E-state index in [4.69, 9.17) is 4.74 Å². The fraction of sp³-hybridized carbons (Fsp3) is 0.478. The molecular formula is C23H30N5O6+. The SMILES string of the molecule is Cc1cn([C@H]2C[C@H](O)[C@@H](O)O2)c(=O)n(CCCNC(=O)c2ccc([N+](C)(C)C)c(C#N)c2)c1=O. The Morgan fingerprint density at radius 2 is 2.00 bits per heavy atom. The molecule has 0 spiro atoms. The van der Waals surface area contributed by atoms with E-state index in [1.165, 1.54) is 10.8 Å². The molecule has 0 unspecified atom stereocenters. The molecule has 3 atom stereocenters. The first-order valence-electron chi connectivity index (χ1n) is 10.9. The van der Waals surface area contributed by atoms with Gasteiger partial charge >= 0.3 is 5.69 Å². The van der Waals surface area contributed by atoms with Gasteiger partial charge in [-0.05, 0) is 25.5 Å². The Morgan fingerprint density at radius 1 is 1.29 bits per heavy atom. The molecule has 0 bridgehead atoms. The predicted octanol–water partition coefficient (Wildman–Crippen LogP) is -0.195. The van der Waals surface area contributed by atoms with Gasteiger partial charge < -0.3 is 20.3 Å². The van der Waals surface area contributed by atoms with Crippen LogP contribution in [0, 0.1) is 18.3 Å². The number of nitriles is 1. The van der Waals surface area contributed by atoms with Crippen molar-refractivity contribution in [3.05, 3.63) is 61.9 Å². The molecule has 2 heterocycles. The predicted molar refractivity (Wildman–Crippen MR) is 124 cm³/mol. The number of aromatic nitrogens is 2. The van der Waals surface area contributed by atoms with Crippen LogP contribution >= 0.6 is 0 Å². The molecule has 0 saturated carbocycles. The van der Waals surface area contributed by atoms with Crippen molar-refractivity contribution in [1.82, 2.24) is 18.9 Å². The fourth-order valence-corrected chi connectivity index (χ4v) is 3.86. The first kappa shape index (κ1) is 25.3. The normalized spacial score (nSPS) is 20.2. The first-order chi connectivity index (χ1) is 15.9. The maximum Gasteiger partial charge on any atom is 0.333 e. The molecule has 11 nitrogen and oxygen atoms in total. The summed E-state index contributed by atoms with van der Waals surface area (Å²) in [6.45, 7) is 1.82. The molecule has 2 aromatic rings. The summed E-state index contributed by atoms with van der Waals surface area (Å²) in [4.78, 5) is 37.9. The molecule has 1 saturated heterocycles. The number of aliphatic hydroxyl groups excluding tert-OH is 2. The second-order valence-corrected chi connectivity index (χ2v) is 9.21. The highest BCUT2D eigenvalue weighted by Crippen LogP contribution is 2.26. The fourth-order valence-electron chi connectivity index (χ4n) is 3.86. The van der Waals surface area contributed by atoms with Crippen molar-refractivity contribution in [2.24, 2.45) is 0 Å². The number of aliphatic hydroxyl groups is 2. The summed E-state index contributed by atoms with van der Waals surface area (Å²) in [5.41, 5.74) is 0.782. The van der Waals surface area contributed by atoms with E-state index in [-0.39, 0.29) is 25.4 Å². The second-order valence-electron chi connectivity index (χ2n) is 9.21. The van der Waals surface area contributed by atoms with Gasteiger partial charge in [0, 0.05) is 42.9 Å². The van der Waals surface area contributed by atoms with Crippen LogP contribution in [-0.4, -0.2) is 65.3 Å². The van der Waals surface area contributed by atoms with Gasteiger partial charge in [-0.15, -0.1) is 0 Å². The van der Waals surface area contributed by atoms with E-state index in [2.05, 4.69) is 11.4 Å². The van der Waals surface area contributed by atoms with Crippen molar-refractivity contribution >= 4 is 11.6 Å². The minimum Gasteiger partial charge on any atom is -0.388 e. The number of ether oxygens (including phenoxy) is 1. The molecule has 0 radical (unpaired) electrons. The van der Waals surface area contributed by atoms with Crippen LogP contribution in [0.1, 0.15) is 40.6 Å². The molecule has 1 fully saturated rings. The molecule has 182 valence electrons. The van der Waals surface area contributed by atoms with Crippen LogP contribution in [-0.2, 0) is 11.3 Å². The number of benzene rings is 1. The number of amides is 1. The van der Waals surface area contributed by atoms with Gasteiger partial charge in [-0.1, -0.05) is 0 Å². The Bertz CT molecular complexity index is 1230. The van der Waals surface area contributed by atoms with Crippen molar-refractivity contribution in [2.45, 2.75) is 44.9 Å². The highest BCUT2D eigenvalue weighted by Gasteiger charge is 2.34. The van der Waals surface area contributed by atoms with Gasteiger partial charge in [0.1, 0.15) is 29.7 Å². The number of hydrogen-bond acceptors (Lipinski definition) is 7. The third kappa shape index (κ3) is 5.26. The molecule has 1 aromatic heterocycles. The number of hydrogen-bond donors (Lipinski definition) is 3. The Kier molecular flexibility index (Phi) is 7.38. The van der Waals surface area contributed by atoms with Crippen molar-refractivity contribution in [2.75, 3.05) is 27.7 Å².